The Morgan fingerprint density at radius 1 is 1.62 bits per heavy atom. The van der Waals surface area contributed by atoms with Gasteiger partial charge in [-0.25, -0.2) is 4.72 Å². The second-order valence-electron chi connectivity index (χ2n) is 3.34. The van der Waals surface area contributed by atoms with Gasteiger partial charge in [0, 0.05) is 19.6 Å². The summed E-state index contributed by atoms with van der Waals surface area (Å²) in [5.41, 5.74) is 5.53. The van der Waals surface area contributed by atoms with Crippen molar-refractivity contribution in [2.24, 2.45) is 11.7 Å². The molecule has 1 saturated heterocycles. The Hall–Kier alpha value is -0.170. The van der Waals surface area contributed by atoms with E-state index in [0.717, 1.165) is 6.42 Å². The van der Waals surface area contributed by atoms with Crippen molar-refractivity contribution >= 4 is 10.2 Å². The molecule has 0 aromatic carbocycles. The molecule has 3 N–H and O–H groups in total. The second kappa shape index (κ2) is 3.91. The van der Waals surface area contributed by atoms with Crippen molar-refractivity contribution in [3.05, 3.63) is 0 Å². The van der Waals surface area contributed by atoms with Crippen molar-refractivity contribution < 1.29 is 8.42 Å². The van der Waals surface area contributed by atoms with E-state index >= 15 is 0 Å². The third-order valence-corrected chi connectivity index (χ3v) is 4.37. The Kier molecular flexibility index (Phi) is 3.28. The number of nitrogens with two attached hydrogens (primary N) is 1. The highest BCUT2D eigenvalue weighted by Gasteiger charge is 2.36. The van der Waals surface area contributed by atoms with Gasteiger partial charge in [-0.2, -0.15) is 12.7 Å². The van der Waals surface area contributed by atoms with Gasteiger partial charge in [-0.15, -0.1) is 0 Å². The predicted octanol–water partition coefficient (Wildman–Crippen LogP) is -0.880. The van der Waals surface area contributed by atoms with Crippen LogP contribution in [0.2, 0.25) is 0 Å². The maximum atomic E-state index is 11.4. The Balaban J connectivity index is 2.76. The molecule has 1 aliphatic heterocycles. The molecule has 13 heavy (non-hydrogen) atoms. The van der Waals surface area contributed by atoms with E-state index in [9.17, 15) is 8.42 Å². The standard InChI is InChI=1S/C7H17N3O2S/c1-6-7(5-8)3-4-10(6)13(11,12)9-2/h6-7,9H,3-5,8H2,1-2H3. The van der Waals surface area contributed by atoms with E-state index in [1.807, 2.05) is 6.92 Å². The topological polar surface area (TPSA) is 75.4 Å². The zero-order chi connectivity index (χ0) is 10.1. The zero-order valence-electron chi connectivity index (χ0n) is 8.03. The van der Waals surface area contributed by atoms with Gasteiger partial charge >= 0.3 is 0 Å². The van der Waals surface area contributed by atoms with Crippen LogP contribution in [0.5, 0.6) is 0 Å². The maximum absolute atomic E-state index is 11.4. The van der Waals surface area contributed by atoms with Gasteiger partial charge in [-0.1, -0.05) is 0 Å². The first-order chi connectivity index (χ1) is 6.03. The van der Waals surface area contributed by atoms with Crippen molar-refractivity contribution in [2.75, 3.05) is 20.1 Å². The number of nitrogens with one attached hydrogen (secondary N) is 1. The van der Waals surface area contributed by atoms with E-state index in [2.05, 4.69) is 4.72 Å². The maximum Gasteiger partial charge on any atom is 0.279 e. The molecule has 2 unspecified atom stereocenters. The SMILES string of the molecule is CNS(=O)(=O)N1CCC(CN)C1C. The van der Waals surface area contributed by atoms with Crippen molar-refractivity contribution in [1.29, 1.82) is 0 Å². The lowest BCUT2D eigenvalue weighted by Crippen LogP contribution is -2.42. The van der Waals surface area contributed by atoms with Gasteiger partial charge in [0.05, 0.1) is 0 Å². The minimum absolute atomic E-state index is 0.0162. The summed E-state index contributed by atoms with van der Waals surface area (Å²) in [7, 11) is -1.83. The number of rotatable bonds is 3. The molecule has 1 fully saturated rings. The van der Waals surface area contributed by atoms with E-state index in [0.29, 0.717) is 19.0 Å². The lowest BCUT2D eigenvalue weighted by molar-refractivity contribution is 0.359. The molecule has 0 spiro atoms. The van der Waals surface area contributed by atoms with Crippen LogP contribution in [0, 0.1) is 5.92 Å². The largest absolute Gasteiger partial charge is 0.330 e. The number of hydrogen-bond donors (Lipinski definition) is 2. The van der Waals surface area contributed by atoms with Crippen LogP contribution in [-0.4, -0.2) is 38.9 Å². The van der Waals surface area contributed by atoms with Crippen LogP contribution >= 0.6 is 0 Å². The average molecular weight is 207 g/mol. The molecule has 1 aliphatic rings. The van der Waals surface area contributed by atoms with Crippen molar-refractivity contribution in [2.45, 2.75) is 19.4 Å². The summed E-state index contributed by atoms with van der Waals surface area (Å²) in [4.78, 5) is 0. The van der Waals surface area contributed by atoms with Gasteiger partial charge in [-0.3, -0.25) is 0 Å². The van der Waals surface area contributed by atoms with E-state index in [1.54, 1.807) is 0 Å². The molecule has 0 aromatic heterocycles. The molecule has 0 saturated carbocycles. The minimum Gasteiger partial charge on any atom is -0.330 e. The monoisotopic (exact) mass is 207 g/mol. The first kappa shape index (κ1) is 10.9. The highest BCUT2D eigenvalue weighted by atomic mass is 32.2. The van der Waals surface area contributed by atoms with E-state index < -0.39 is 10.2 Å². The lowest BCUT2D eigenvalue weighted by atomic mass is 10.0. The summed E-state index contributed by atoms with van der Waals surface area (Å²) in [6.45, 7) is 3.03. The first-order valence-electron chi connectivity index (χ1n) is 4.43. The van der Waals surface area contributed by atoms with Gasteiger partial charge in [0.15, 0.2) is 0 Å². The number of nitrogens with zero attached hydrogens (tertiary/aromatic N) is 1. The van der Waals surface area contributed by atoms with Crippen LogP contribution < -0.4 is 10.5 Å². The van der Waals surface area contributed by atoms with Gasteiger partial charge in [-0.05, 0) is 25.8 Å². The van der Waals surface area contributed by atoms with Gasteiger partial charge in [0.2, 0.25) is 0 Å². The lowest BCUT2D eigenvalue weighted by Gasteiger charge is -2.22. The van der Waals surface area contributed by atoms with Crippen LogP contribution in [0.15, 0.2) is 0 Å². The molecular weight excluding hydrogens is 190 g/mol. The highest BCUT2D eigenvalue weighted by molar-refractivity contribution is 7.87. The fraction of sp³-hybridized carbons (Fsp3) is 1.00. The third kappa shape index (κ3) is 2.01. The quantitative estimate of drug-likeness (QED) is 0.631. The van der Waals surface area contributed by atoms with E-state index in [4.69, 9.17) is 5.73 Å². The Morgan fingerprint density at radius 2 is 2.23 bits per heavy atom. The fourth-order valence-corrected chi connectivity index (χ4v) is 2.93. The molecule has 2 atom stereocenters. The summed E-state index contributed by atoms with van der Waals surface area (Å²) in [6.07, 6.45) is 0.860. The highest BCUT2D eigenvalue weighted by Crippen LogP contribution is 2.24. The summed E-state index contributed by atoms with van der Waals surface area (Å²) in [5.74, 6) is 0.295. The molecular formula is C7H17N3O2S. The van der Waals surface area contributed by atoms with E-state index in [1.165, 1.54) is 11.4 Å². The number of hydrogen-bond acceptors (Lipinski definition) is 3. The summed E-state index contributed by atoms with van der Waals surface area (Å²) in [6, 6.07) is 0.0162. The first-order valence-corrected chi connectivity index (χ1v) is 5.87. The van der Waals surface area contributed by atoms with Crippen molar-refractivity contribution in [3.63, 3.8) is 0 Å². The van der Waals surface area contributed by atoms with Crippen molar-refractivity contribution in [3.8, 4) is 0 Å². The molecule has 1 rings (SSSR count). The predicted molar refractivity (Wildman–Crippen MR) is 51.3 cm³/mol. The molecule has 1 heterocycles. The molecule has 0 aliphatic carbocycles. The molecule has 0 bridgehead atoms. The molecule has 0 amide bonds. The molecule has 78 valence electrons. The average Bonchev–Trinajstić information content (AvgIpc) is 2.47. The second-order valence-corrected chi connectivity index (χ2v) is 5.17. The minimum atomic E-state index is -3.26. The zero-order valence-corrected chi connectivity index (χ0v) is 8.84. The van der Waals surface area contributed by atoms with Crippen LogP contribution in [0.25, 0.3) is 0 Å². The van der Waals surface area contributed by atoms with Crippen LogP contribution in [0.1, 0.15) is 13.3 Å². The van der Waals surface area contributed by atoms with Gasteiger partial charge in [0.25, 0.3) is 10.2 Å². The van der Waals surface area contributed by atoms with Gasteiger partial charge < -0.3 is 5.73 Å². The Morgan fingerprint density at radius 3 is 2.62 bits per heavy atom. The molecule has 5 nitrogen and oxygen atoms in total. The molecule has 0 radical (unpaired) electrons. The normalized spacial score (nSPS) is 31.0. The van der Waals surface area contributed by atoms with Gasteiger partial charge in [0.1, 0.15) is 0 Å². The smallest absolute Gasteiger partial charge is 0.279 e. The summed E-state index contributed by atoms with van der Waals surface area (Å²) >= 11 is 0. The Bertz CT molecular complexity index is 265. The summed E-state index contributed by atoms with van der Waals surface area (Å²) in [5, 5.41) is 0. The molecule has 0 aromatic rings. The van der Waals surface area contributed by atoms with E-state index in [-0.39, 0.29) is 6.04 Å². The van der Waals surface area contributed by atoms with Crippen LogP contribution in [0.4, 0.5) is 0 Å². The van der Waals surface area contributed by atoms with Crippen molar-refractivity contribution in [1.82, 2.24) is 9.03 Å². The van der Waals surface area contributed by atoms with Crippen LogP contribution in [-0.2, 0) is 10.2 Å². The Labute approximate surface area is 79.5 Å². The van der Waals surface area contributed by atoms with Crippen LogP contribution in [0.3, 0.4) is 0 Å². The fourth-order valence-electron chi connectivity index (χ4n) is 1.74. The third-order valence-electron chi connectivity index (χ3n) is 2.73. The molecule has 6 heteroatoms. The summed E-state index contributed by atoms with van der Waals surface area (Å²) < 4.78 is 26.7.